The van der Waals surface area contributed by atoms with Gasteiger partial charge in [-0.15, -0.1) is 0 Å². The number of aromatic nitrogens is 2. The van der Waals surface area contributed by atoms with E-state index in [1.807, 2.05) is 0 Å². The molecule has 2 aromatic rings. The van der Waals surface area contributed by atoms with Crippen LogP contribution in [0.25, 0.3) is 0 Å². The lowest BCUT2D eigenvalue weighted by molar-refractivity contribution is -0.384. The minimum absolute atomic E-state index is 0.125. The molecule has 0 aliphatic heterocycles. The van der Waals surface area contributed by atoms with Gasteiger partial charge in [0.1, 0.15) is 5.82 Å². The third-order valence-corrected chi connectivity index (χ3v) is 2.39. The fourth-order valence-corrected chi connectivity index (χ4v) is 1.60. The van der Waals surface area contributed by atoms with Crippen molar-refractivity contribution < 1.29 is 9.72 Å². The van der Waals surface area contributed by atoms with Crippen molar-refractivity contribution in [3.8, 4) is 0 Å². The van der Waals surface area contributed by atoms with Crippen molar-refractivity contribution in [2.75, 3.05) is 4.90 Å². The van der Waals surface area contributed by atoms with Gasteiger partial charge in [-0.3, -0.25) is 24.8 Å². The van der Waals surface area contributed by atoms with E-state index < -0.39 is 4.92 Å². The predicted molar refractivity (Wildman–Crippen MR) is 67.9 cm³/mol. The lowest BCUT2D eigenvalue weighted by Crippen LogP contribution is -2.23. The lowest BCUT2D eigenvalue weighted by atomic mass is 10.3. The Labute approximate surface area is 108 Å². The Bertz CT molecular complexity index is 615. The summed E-state index contributed by atoms with van der Waals surface area (Å²) >= 11 is 0. The maximum absolute atomic E-state index is 11.7. The third-order valence-electron chi connectivity index (χ3n) is 2.39. The molecule has 0 aliphatic rings. The van der Waals surface area contributed by atoms with Crippen molar-refractivity contribution in [2.24, 2.45) is 0 Å². The Morgan fingerprint density at radius 3 is 2.74 bits per heavy atom. The zero-order valence-electron chi connectivity index (χ0n) is 10.1. The topological polar surface area (TPSA) is 89.2 Å². The second kappa shape index (κ2) is 5.21. The van der Waals surface area contributed by atoms with Crippen LogP contribution in [0.3, 0.4) is 0 Å². The molecule has 0 radical (unpaired) electrons. The number of hydrogen-bond donors (Lipinski definition) is 0. The molecule has 19 heavy (non-hydrogen) atoms. The largest absolute Gasteiger partial charge is 0.274 e. The highest BCUT2D eigenvalue weighted by molar-refractivity contribution is 5.98. The molecule has 2 aromatic heterocycles. The maximum atomic E-state index is 11.7. The SMILES string of the molecule is CC(=O)N(c1cccnc1)c1cc([N+](=O)[O-])ccn1. The number of nitro groups is 1. The number of anilines is 2. The molecule has 0 aromatic carbocycles. The standard InChI is InChI=1S/C12H10N4O3/c1-9(17)15(11-3-2-5-13-8-11)12-7-10(16(18)19)4-6-14-12/h2-8H,1H3. The van der Waals surface area contributed by atoms with E-state index in [1.165, 1.54) is 36.4 Å². The molecule has 0 unspecified atom stereocenters. The van der Waals surface area contributed by atoms with Gasteiger partial charge in [-0.25, -0.2) is 4.98 Å². The summed E-state index contributed by atoms with van der Waals surface area (Å²) in [5.41, 5.74) is 0.378. The van der Waals surface area contributed by atoms with E-state index in [0.717, 1.165) is 0 Å². The maximum Gasteiger partial charge on any atom is 0.274 e. The smallest absolute Gasteiger partial charge is 0.274 e. The zero-order chi connectivity index (χ0) is 13.8. The van der Waals surface area contributed by atoms with E-state index in [9.17, 15) is 14.9 Å². The van der Waals surface area contributed by atoms with Gasteiger partial charge in [-0.1, -0.05) is 0 Å². The van der Waals surface area contributed by atoms with Crippen LogP contribution in [0.2, 0.25) is 0 Å². The number of carbonyl (C=O) groups excluding carboxylic acids is 1. The van der Waals surface area contributed by atoms with E-state index in [1.54, 1.807) is 18.3 Å². The van der Waals surface area contributed by atoms with Gasteiger partial charge in [-0.2, -0.15) is 0 Å². The third kappa shape index (κ3) is 2.71. The fraction of sp³-hybridized carbons (Fsp3) is 0.0833. The molecule has 0 aliphatic carbocycles. The van der Waals surface area contributed by atoms with Crippen LogP contribution < -0.4 is 4.90 Å². The van der Waals surface area contributed by atoms with Gasteiger partial charge in [0, 0.05) is 25.4 Å². The van der Waals surface area contributed by atoms with Crippen molar-refractivity contribution in [1.82, 2.24) is 9.97 Å². The monoisotopic (exact) mass is 258 g/mol. The first-order valence-electron chi connectivity index (χ1n) is 5.41. The Kier molecular flexibility index (Phi) is 3.46. The summed E-state index contributed by atoms with van der Waals surface area (Å²) in [6.07, 6.45) is 4.35. The van der Waals surface area contributed by atoms with Gasteiger partial charge < -0.3 is 0 Å². The van der Waals surface area contributed by atoms with Gasteiger partial charge >= 0.3 is 0 Å². The molecule has 7 heteroatoms. The van der Waals surface area contributed by atoms with Gasteiger partial charge in [0.05, 0.1) is 22.9 Å². The molecule has 2 rings (SSSR count). The number of nitrogens with zero attached hydrogens (tertiary/aromatic N) is 4. The summed E-state index contributed by atoms with van der Waals surface area (Å²) < 4.78 is 0. The summed E-state index contributed by atoms with van der Waals surface area (Å²) in [4.78, 5) is 31.1. The van der Waals surface area contributed by atoms with Crippen molar-refractivity contribution in [1.29, 1.82) is 0 Å². The summed E-state index contributed by atoms with van der Waals surface area (Å²) in [7, 11) is 0. The molecular weight excluding hydrogens is 248 g/mol. The van der Waals surface area contributed by atoms with Crippen molar-refractivity contribution >= 4 is 23.1 Å². The van der Waals surface area contributed by atoms with Gasteiger partial charge in [0.25, 0.3) is 5.69 Å². The van der Waals surface area contributed by atoms with Gasteiger partial charge in [0.15, 0.2) is 0 Å². The van der Waals surface area contributed by atoms with E-state index in [2.05, 4.69) is 9.97 Å². The fourth-order valence-electron chi connectivity index (χ4n) is 1.60. The summed E-state index contributed by atoms with van der Waals surface area (Å²) in [6.45, 7) is 1.35. The van der Waals surface area contributed by atoms with Crippen LogP contribution in [0.1, 0.15) is 6.92 Å². The van der Waals surface area contributed by atoms with Crippen LogP contribution in [0, 0.1) is 10.1 Å². The van der Waals surface area contributed by atoms with Crippen molar-refractivity contribution in [3.63, 3.8) is 0 Å². The second-order valence-electron chi connectivity index (χ2n) is 3.70. The average molecular weight is 258 g/mol. The van der Waals surface area contributed by atoms with E-state index in [-0.39, 0.29) is 17.4 Å². The van der Waals surface area contributed by atoms with Crippen molar-refractivity contribution in [3.05, 3.63) is 53.0 Å². The van der Waals surface area contributed by atoms with Gasteiger partial charge in [-0.05, 0) is 12.1 Å². The molecule has 0 fully saturated rings. The minimum atomic E-state index is -0.535. The number of hydrogen-bond acceptors (Lipinski definition) is 5. The van der Waals surface area contributed by atoms with Crippen molar-refractivity contribution in [2.45, 2.75) is 6.92 Å². The molecule has 1 amide bonds. The van der Waals surface area contributed by atoms with Crippen LogP contribution in [0.5, 0.6) is 0 Å². The Balaban J connectivity index is 2.49. The molecule has 0 atom stereocenters. The van der Waals surface area contributed by atoms with E-state index in [4.69, 9.17) is 0 Å². The Hall–Kier alpha value is -2.83. The highest BCUT2D eigenvalue weighted by atomic mass is 16.6. The molecule has 0 saturated carbocycles. The zero-order valence-corrected chi connectivity index (χ0v) is 10.1. The molecule has 96 valence electrons. The first kappa shape index (κ1) is 12.6. The normalized spacial score (nSPS) is 9.95. The summed E-state index contributed by atoms with van der Waals surface area (Å²) in [5, 5.41) is 10.7. The van der Waals surface area contributed by atoms with Crippen LogP contribution in [-0.4, -0.2) is 20.8 Å². The number of pyridine rings is 2. The number of carbonyl (C=O) groups is 1. The Morgan fingerprint density at radius 1 is 1.37 bits per heavy atom. The Morgan fingerprint density at radius 2 is 2.16 bits per heavy atom. The predicted octanol–water partition coefficient (Wildman–Crippen LogP) is 2.07. The summed E-state index contributed by atoms with van der Waals surface area (Å²) in [6, 6.07) is 5.86. The highest BCUT2D eigenvalue weighted by Crippen LogP contribution is 2.25. The van der Waals surface area contributed by atoms with Gasteiger partial charge in [0.2, 0.25) is 5.91 Å². The van der Waals surface area contributed by atoms with Crippen LogP contribution >= 0.6 is 0 Å². The first-order valence-corrected chi connectivity index (χ1v) is 5.41. The quantitative estimate of drug-likeness (QED) is 0.621. The molecule has 7 nitrogen and oxygen atoms in total. The van der Waals surface area contributed by atoms with Crippen LogP contribution in [0.4, 0.5) is 17.2 Å². The minimum Gasteiger partial charge on any atom is -0.274 e. The lowest BCUT2D eigenvalue weighted by Gasteiger charge is -2.19. The molecule has 0 saturated heterocycles. The highest BCUT2D eigenvalue weighted by Gasteiger charge is 2.18. The van der Waals surface area contributed by atoms with Crippen LogP contribution in [-0.2, 0) is 4.79 Å². The molecule has 0 spiro atoms. The first-order chi connectivity index (χ1) is 9.09. The average Bonchev–Trinajstić information content (AvgIpc) is 2.40. The number of rotatable bonds is 3. The molecular formula is C12H10N4O3. The molecule has 0 bridgehead atoms. The molecule has 2 heterocycles. The number of amides is 1. The van der Waals surface area contributed by atoms with Crippen LogP contribution in [0.15, 0.2) is 42.9 Å². The molecule has 0 N–H and O–H groups in total. The second-order valence-corrected chi connectivity index (χ2v) is 3.70. The summed E-state index contributed by atoms with van der Waals surface area (Å²) in [5.74, 6) is -0.115. The van der Waals surface area contributed by atoms with E-state index >= 15 is 0 Å². The van der Waals surface area contributed by atoms with E-state index in [0.29, 0.717) is 5.69 Å².